The van der Waals surface area contributed by atoms with E-state index in [0.717, 1.165) is 16.7 Å². The summed E-state index contributed by atoms with van der Waals surface area (Å²) in [5.74, 6) is 0.113. The summed E-state index contributed by atoms with van der Waals surface area (Å²) in [6.45, 7) is 1.59. The second kappa shape index (κ2) is 6.75. The minimum atomic E-state index is -3.25. The van der Waals surface area contributed by atoms with Crippen molar-refractivity contribution in [3.8, 4) is 0 Å². The Balaban J connectivity index is 1.55. The predicted octanol–water partition coefficient (Wildman–Crippen LogP) is 1.84. The van der Waals surface area contributed by atoms with E-state index in [2.05, 4.69) is 5.32 Å². The van der Waals surface area contributed by atoms with Crippen LogP contribution in [0, 0.1) is 0 Å². The quantitative estimate of drug-likeness (QED) is 0.812. The molecule has 0 saturated carbocycles. The Kier molecular flexibility index (Phi) is 4.69. The lowest BCUT2D eigenvalue weighted by molar-refractivity contribution is 0.0816. The highest BCUT2D eigenvalue weighted by molar-refractivity contribution is 7.91. The summed E-state index contributed by atoms with van der Waals surface area (Å²) in [6.07, 6.45) is 0. The van der Waals surface area contributed by atoms with Crippen molar-refractivity contribution in [3.05, 3.63) is 65.2 Å². The Morgan fingerprint density at radius 3 is 2.62 bits per heavy atom. The summed E-state index contributed by atoms with van der Waals surface area (Å²) in [5.41, 5.74) is 2.83. The SMILES string of the molecule is CN1Cc2cc(CNCCS(=O)(=O)c3ccccc3)ccc2C1=O. The molecule has 0 unspecified atom stereocenters. The average Bonchev–Trinajstić information content (AvgIpc) is 2.86. The molecule has 0 saturated heterocycles. The number of amides is 1. The number of hydrogen-bond donors (Lipinski definition) is 1. The van der Waals surface area contributed by atoms with Gasteiger partial charge in [0.15, 0.2) is 9.84 Å². The monoisotopic (exact) mass is 344 g/mol. The van der Waals surface area contributed by atoms with Gasteiger partial charge < -0.3 is 10.2 Å². The summed E-state index contributed by atoms with van der Waals surface area (Å²) in [4.78, 5) is 13.9. The van der Waals surface area contributed by atoms with Crippen molar-refractivity contribution in [2.75, 3.05) is 19.3 Å². The lowest BCUT2D eigenvalue weighted by Gasteiger charge is -2.07. The molecule has 1 amide bonds. The van der Waals surface area contributed by atoms with Gasteiger partial charge in [0.1, 0.15) is 0 Å². The Labute approximate surface area is 142 Å². The van der Waals surface area contributed by atoms with Crippen molar-refractivity contribution in [1.82, 2.24) is 10.2 Å². The van der Waals surface area contributed by atoms with Crippen LogP contribution < -0.4 is 5.32 Å². The molecule has 24 heavy (non-hydrogen) atoms. The molecule has 1 heterocycles. The molecule has 1 aliphatic rings. The van der Waals surface area contributed by atoms with Crippen molar-refractivity contribution in [2.24, 2.45) is 0 Å². The molecule has 6 heteroatoms. The van der Waals surface area contributed by atoms with Gasteiger partial charge in [-0.1, -0.05) is 30.3 Å². The van der Waals surface area contributed by atoms with Gasteiger partial charge in [0, 0.05) is 32.2 Å². The molecular formula is C18H20N2O3S. The Morgan fingerprint density at radius 2 is 1.88 bits per heavy atom. The van der Waals surface area contributed by atoms with Gasteiger partial charge in [0.2, 0.25) is 0 Å². The number of sulfone groups is 1. The first-order valence-corrected chi connectivity index (χ1v) is 9.48. The molecule has 5 nitrogen and oxygen atoms in total. The zero-order chi connectivity index (χ0) is 17.2. The Bertz CT molecular complexity index is 848. The largest absolute Gasteiger partial charge is 0.337 e. The fraction of sp³-hybridized carbons (Fsp3) is 0.278. The summed E-state index contributed by atoms with van der Waals surface area (Å²) >= 11 is 0. The third-order valence-electron chi connectivity index (χ3n) is 4.13. The van der Waals surface area contributed by atoms with Crippen LogP contribution in [0.3, 0.4) is 0 Å². The van der Waals surface area contributed by atoms with Crippen molar-refractivity contribution in [2.45, 2.75) is 18.0 Å². The number of carbonyl (C=O) groups is 1. The van der Waals surface area contributed by atoms with Crippen LogP contribution in [0.5, 0.6) is 0 Å². The molecular weight excluding hydrogens is 324 g/mol. The third-order valence-corrected chi connectivity index (χ3v) is 5.87. The number of fused-ring (bicyclic) bond motifs is 1. The molecule has 1 N–H and O–H groups in total. The zero-order valence-electron chi connectivity index (χ0n) is 13.5. The van der Waals surface area contributed by atoms with Crippen LogP contribution in [-0.4, -0.2) is 38.6 Å². The maximum atomic E-state index is 12.2. The van der Waals surface area contributed by atoms with E-state index >= 15 is 0 Å². The van der Waals surface area contributed by atoms with Gasteiger partial charge in [-0.25, -0.2) is 8.42 Å². The van der Waals surface area contributed by atoms with Gasteiger partial charge in [-0.3, -0.25) is 4.79 Å². The Morgan fingerprint density at radius 1 is 1.12 bits per heavy atom. The highest BCUT2D eigenvalue weighted by Gasteiger charge is 2.24. The summed E-state index contributed by atoms with van der Waals surface area (Å²) in [7, 11) is -1.47. The molecule has 0 atom stereocenters. The zero-order valence-corrected chi connectivity index (χ0v) is 14.3. The van der Waals surface area contributed by atoms with Crippen LogP contribution in [0.15, 0.2) is 53.4 Å². The first-order chi connectivity index (χ1) is 11.5. The van der Waals surface area contributed by atoms with E-state index in [1.54, 1.807) is 42.3 Å². The minimum absolute atomic E-state index is 0.0541. The van der Waals surface area contributed by atoms with Crippen molar-refractivity contribution >= 4 is 15.7 Å². The molecule has 0 bridgehead atoms. The van der Waals surface area contributed by atoms with Gasteiger partial charge in [-0.15, -0.1) is 0 Å². The van der Waals surface area contributed by atoms with Crippen LogP contribution in [0.4, 0.5) is 0 Å². The van der Waals surface area contributed by atoms with Crippen molar-refractivity contribution in [3.63, 3.8) is 0 Å². The molecule has 2 aromatic carbocycles. The normalized spacial score (nSPS) is 14.0. The highest BCUT2D eigenvalue weighted by Crippen LogP contribution is 2.22. The van der Waals surface area contributed by atoms with Crippen LogP contribution >= 0.6 is 0 Å². The summed E-state index contributed by atoms with van der Waals surface area (Å²) in [6, 6.07) is 14.2. The first-order valence-electron chi connectivity index (χ1n) is 7.83. The number of hydrogen-bond acceptors (Lipinski definition) is 4. The number of rotatable bonds is 6. The lowest BCUT2D eigenvalue weighted by atomic mass is 10.1. The van der Waals surface area contributed by atoms with E-state index in [4.69, 9.17) is 0 Å². The molecule has 0 radical (unpaired) electrons. The first kappa shape index (κ1) is 16.7. The second-order valence-corrected chi connectivity index (χ2v) is 8.07. The maximum Gasteiger partial charge on any atom is 0.254 e. The predicted molar refractivity (Wildman–Crippen MR) is 92.4 cm³/mol. The lowest BCUT2D eigenvalue weighted by Crippen LogP contribution is -2.22. The molecule has 126 valence electrons. The van der Waals surface area contributed by atoms with Gasteiger partial charge in [-0.2, -0.15) is 0 Å². The van der Waals surface area contributed by atoms with Crippen LogP contribution in [0.2, 0.25) is 0 Å². The van der Waals surface area contributed by atoms with E-state index < -0.39 is 9.84 Å². The smallest absolute Gasteiger partial charge is 0.254 e. The minimum Gasteiger partial charge on any atom is -0.337 e. The van der Waals surface area contributed by atoms with Gasteiger partial charge in [0.05, 0.1) is 10.6 Å². The number of nitrogens with one attached hydrogen (secondary N) is 1. The van der Waals surface area contributed by atoms with E-state index in [-0.39, 0.29) is 11.7 Å². The third kappa shape index (κ3) is 3.49. The second-order valence-electron chi connectivity index (χ2n) is 5.96. The van der Waals surface area contributed by atoms with Crippen LogP contribution in [0.25, 0.3) is 0 Å². The van der Waals surface area contributed by atoms with Crippen LogP contribution in [0.1, 0.15) is 21.5 Å². The fourth-order valence-electron chi connectivity index (χ4n) is 2.81. The van der Waals surface area contributed by atoms with Crippen molar-refractivity contribution in [1.29, 1.82) is 0 Å². The number of carbonyl (C=O) groups excluding carboxylic acids is 1. The molecule has 2 aromatic rings. The van der Waals surface area contributed by atoms with E-state index in [9.17, 15) is 13.2 Å². The fourth-order valence-corrected chi connectivity index (χ4v) is 4.03. The topological polar surface area (TPSA) is 66.5 Å². The molecule has 0 fully saturated rings. The molecule has 3 rings (SSSR count). The molecule has 0 aliphatic carbocycles. The summed E-state index contributed by atoms with van der Waals surface area (Å²) in [5, 5.41) is 3.16. The summed E-state index contributed by atoms with van der Waals surface area (Å²) < 4.78 is 24.4. The van der Waals surface area contributed by atoms with E-state index in [1.807, 2.05) is 18.2 Å². The van der Waals surface area contributed by atoms with Crippen LogP contribution in [-0.2, 0) is 22.9 Å². The van der Waals surface area contributed by atoms with Gasteiger partial charge in [0.25, 0.3) is 5.91 Å². The average molecular weight is 344 g/mol. The molecule has 0 aromatic heterocycles. The van der Waals surface area contributed by atoms with E-state index in [0.29, 0.717) is 24.5 Å². The highest BCUT2D eigenvalue weighted by atomic mass is 32.2. The number of nitrogens with zero attached hydrogens (tertiary/aromatic N) is 1. The standard InChI is InChI=1S/C18H20N2O3S/c1-20-13-15-11-14(7-8-17(15)18(20)21)12-19-9-10-24(22,23)16-5-3-2-4-6-16/h2-8,11,19H,9-10,12-13H2,1H3. The van der Waals surface area contributed by atoms with Gasteiger partial charge >= 0.3 is 0 Å². The van der Waals surface area contributed by atoms with Crippen molar-refractivity contribution < 1.29 is 13.2 Å². The van der Waals surface area contributed by atoms with E-state index in [1.165, 1.54) is 0 Å². The Hall–Kier alpha value is -2.18. The van der Waals surface area contributed by atoms with Gasteiger partial charge in [-0.05, 0) is 29.3 Å². The maximum absolute atomic E-state index is 12.2. The molecule has 1 aliphatic heterocycles. The number of benzene rings is 2. The molecule has 0 spiro atoms.